The summed E-state index contributed by atoms with van der Waals surface area (Å²) < 4.78 is 0. The normalized spacial score (nSPS) is 18.7. The molecule has 4 aromatic rings. The van der Waals surface area contributed by atoms with Gasteiger partial charge in [0.25, 0.3) is 0 Å². The van der Waals surface area contributed by atoms with Gasteiger partial charge in [0.05, 0.1) is 0 Å². The zero-order valence-electron chi connectivity index (χ0n) is 22.9. The van der Waals surface area contributed by atoms with Gasteiger partial charge in [0, 0.05) is 11.7 Å². The summed E-state index contributed by atoms with van der Waals surface area (Å²) in [6, 6.07) is 25.5. The molecule has 1 N–H and O–H groups in total. The summed E-state index contributed by atoms with van der Waals surface area (Å²) in [4.78, 5) is 0. The number of rotatable bonds is 4. The van der Waals surface area contributed by atoms with Crippen LogP contribution in [0.1, 0.15) is 56.2 Å². The number of hydrogen-bond donors (Lipinski definition) is 1. The third kappa shape index (κ3) is 4.08. The maximum Gasteiger partial charge on any atom is 0.0419 e. The summed E-state index contributed by atoms with van der Waals surface area (Å²) in [6.07, 6.45) is 19.1. The second-order valence-corrected chi connectivity index (χ2v) is 11.1. The highest BCUT2D eigenvalue weighted by atomic mass is 14.9. The molecule has 0 spiro atoms. The summed E-state index contributed by atoms with van der Waals surface area (Å²) in [6.45, 7) is 4.48. The van der Waals surface area contributed by atoms with Gasteiger partial charge in [-0.15, -0.1) is 0 Å². The molecule has 1 nitrogen and oxygen atoms in total. The third-order valence-corrected chi connectivity index (χ3v) is 8.74. The van der Waals surface area contributed by atoms with E-state index in [0.717, 1.165) is 32.1 Å². The van der Waals surface area contributed by atoms with Crippen LogP contribution in [0, 0.1) is 0 Å². The predicted octanol–water partition coefficient (Wildman–Crippen LogP) is 7.86. The zero-order chi connectivity index (χ0) is 26.3. The predicted molar refractivity (Wildman–Crippen MR) is 168 cm³/mol. The lowest BCUT2D eigenvalue weighted by atomic mass is 9.81. The molecule has 7 rings (SSSR count). The van der Waals surface area contributed by atoms with Crippen molar-refractivity contribution in [1.82, 2.24) is 5.32 Å². The molecule has 0 bridgehead atoms. The zero-order valence-corrected chi connectivity index (χ0v) is 22.9. The van der Waals surface area contributed by atoms with E-state index in [9.17, 15) is 0 Å². The Bertz CT molecular complexity index is 1820. The minimum Gasteiger partial charge on any atom is -0.379 e. The monoisotopic (exact) mass is 505 g/mol. The van der Waals surface area contributed by atoms with Crippen LogP contribution in [-0.2, 0) is 6.42 Å². The Morgan fingerprint density at radius 2 is 1.38 bits per heavy atom. The average molecular weight is 506 g/mol. The highest BCUT2D eigenvalue weighted by molar-refractivity contribution is 6.16. The van der Waals surface area contributed by atoms with Gasteiger partial charge in [-0.05, 0) is 110 Å². The number of dihydropyridines is 1. The first-order valence-corrected chi connectivity index (χ1v) is 14.5. The first-order valence-electron chi connectivity index (χ1n) is 14.5. The van der Waals surface area contributed by atoms with E-state index in [1.165, 1.54) is 71.1 Å². The molecule has 0 saturated carbocycles. The van der Waals surface area contributed by atoms with E-state index in [0.29, 0.717) is 6.04 Å². The Balaban J connectivity index is 1.49. The first kappa shape index (κ1) is 24.0. The summed E-state index contributed by atoms with van der Waals surface area (Å²) in [7, 11) is 0. The van der Waals surface area contributed by atoms with E-state index in [-0.39, 0.29) is 0 Å². The molecule has 0 amide bonds. The molecule has 1 aliphatic heterocycles. The molecule has 0 saturated heterocycles. The van der Waals surface area contributed by atoms with E-state index >= 15 is 0 Å². The molecule has 1 heterocycles. The molecule has 3 aliphatic rings. The topological polar surface area (TPSA) is 12.0 Å². The van der Waals surface area contributed by atoms with Gasteiger partial charge < -0.3 is 5.32 Å². The minimum atomic E-state index is 0.380. The smallest absolute Gasteiger partial charge is 0.0419 e. The maximum absolute atomic E-state index is 3.63. The largest absolute Gasteiger partial charge is 0.379 e. The Labute approximate surface area is 231 Å². The second-order valence-electron chi connectivity index (χ2n) is 11.1. The van der Waals surface area contributed by atoms with Crippen molar-refractivity contribution in [2.75, 3.05) is 0 Å². The quantitative estimate of drug-likeness (QED) is 0.278. The number of nitrogens with one attached hydrogen (secondary N) is 1. The van der Waals surface area contributed by atoms with Gasteiger partial charge in [0.2, 0.25) is 0 Å². The fourth-order valence-electron chi connectivity index (χ4n) is 6.91. The fraction of sp³-hybridized carbons (Fsp3) is 0.211. The van der Waals surface area contributed by atoms with Crippen molar-refractivity contribution in [2.45, 2.75) is 52.0 Å². The van der Waals surface area contributed by atoms with E-state index < -0.39 is 0 Å². The summed E-state index contributed by atoms with van der Waals surface area (Å²) >= 11 is 0. The molecule has 1 heteroatoms. The lowest BCUT2D eigenvalue weighted by Crippen LogP contribution is -2.33. The Morgan fingerprint density at radius 1 is 0.718 bits per heavy atom. The highest BCUT2D eigenvalue weighted by Gasteiger charge is 2.22. The van der Waals surface area contributed by atoms with Crippen LogP contribution in [0.5, 0.6) is 0 Å². The van der Waals surface area contributed by atoms with E-state index in [4.69, 9.17) is 0 Å². The van der Waals surface area contributed by atoms with Crippen LogP contribution in [0.2, 0.25) is 0 Å². The van der Waals surface area contributed by atoms with Crippen LogP contribution >= 0.6 is 0 Å². The van der Waals surface area contributed by atoms with Gasteiger partial charge in [0.1, 0.15) is 0 Å². The summed E-state index contributed by atoms with van der Waals surface area (Å²) in [5.41, 5.74) is 9.89. The van der Waals surface area contributed by atoms with Crippen molar-refractivity contribution >= 4 is 38.8 Å². The number of hydrogen-bond acceptors (Lipinski definition) is 1. The molecule has 4 aromatic carbocycles. The van der Waals surface area contributed by atoms with Gasteiger partial charge in [-0.25, -0.2) is 0 Å². The van der Waals surface area contributed by atoms with Crippen molar-refractivity contribution in [2.24, 2.45) is 0 Å². The molecule has 192 valence electrons. The van der Waals surface area contributed by atoms with Crippen molar-refractivity contribution in [3.05, 3.63) is 136 Å². The minimum absolute atomic E-state index is 0.380. The highest BCUT2D eigenvalue weighted by Crippen LogP contribution is 2.42. The standard InChI is InChI=1S/C38H35N/c1-3-26-12-9-18-30-29(26)17-10-19-31(30)38-34-15-6-4-13-32(34)37(33-14-5-7-16-35(33)38)28-23-21-27(22-24-28)36-20-8-11-25(2)39-36/h4-9,11-18,20-21,23,25,39H,3,10,19,22,24H2,1-2H3. The molecule has 2 aliphatic carbocycles. The van der Waals surface area contributed by atoms with Crippen LogP contribution in [0.25, 0.3) is 38.8 Å². The van der Waals surface area contributed by atoms with Crippen LogP contribution in [-0.4, -0.2) is 6.04 Å². The van der Waals surface area contributed by atoms with Crippen LogP contribution in [0.4, 0.5) is 0 Å². The third-order valence-electron chi connectivity index (χ3n) is 8.74. The van der Waals surface area contributed by atoms with E-state index in [1.807, 2.05) is 0 Å². The second kappa shape index (κ2) is 9.89. The number of benzene rings is 4. The van der Waals surface area contributed by atoms with Crippen molar-refractivity contribution in [1.29, 1.82) is 0 Å². The Morgan fingerprint density at radius 3 is 2.03 bits per heavy atom. The summed E-state index contributed by atoms with van der Waals surface area (Å²) in [5, 5.41) is 12.0. The molecule has 0 radical (unpaired) electrons. The molecular formula is C38H35N. The number of allylic oxidation sites excluding steroid dienone is 6. The van der Waals surface area contributed by atoms with Gasteiger partial charge >= 0.3 is 0 Å². The van der Waals surface area contributed by atoms with Crippen molar-refractivity contribution < 1.29 is 0 Å². The lowest BCUT2D eigenvalue weighted by Gasteiger charge is -2.25. The van der Waals surface area contributed by atoms with Crippen LogP contribution < -0.4 is 15.8 Å². The molecular weight excluding hydrogens is 470 g/mol. The molecule has 1 atom stereocenters. The first-order chi connectivity index (χ1) is 19.2. The number of aryl methyl sites for hydroxylation is 1. The van der Waals surface area contributed by atoms with Crippen LogP contribution in [0.3, 0.4) is 0 Å². The fourth-order valence-corrected chi connectivity index (χ4v) is 6.91. The van der Waals surface area contributed by atoms with Crippen molar-refractivity contribution in [3.8, 4) is 0 Å². The van der Waals surface area contributed by atoms with Gasteiger partial charge in [-0.3, -0.25) is 0 Å². The molecule has 0 fully saturated rings. The van der Waals surface area contributed by atoms with Gasteiger partial charge in [-0.2, -0.15) is 0 Å². The van der Waals surface area contributed by atoms with Crippen molar-refractivity contribution in [3.63, 3.8) is 0 Å². The lowest BCUT2D eigenvalue weighted by molar-refractivity contribution is 0.714. The Kier molecular flexibility index (Phi) is 6.08. The van der Waals surface area contributed by atoms with E-state index in [1.54, 1.807) is 0 Å². The SMILES string of the molecule is CCc1cccc2c1=CCCC=2c1c2ccccc2c(C2=CC=C(C3=CC=CC(C)N3)CC2)c2ccccc12. The van der Waals surface area contributed by atoms with Crippen LogP contribution in [0.15, 0.2) is 108 Å². The Hall–Kier alpha value is -4.10. The maximum atomic E-state index is 3.63. The molecule has 39 heavy (non-hydrogen) atoms. The number of fused-ring (bicyclic) bond motifs is 3. The van der Waals surface area contributed by atoms with E-state index in [2.05, 4.69) is 122 Å². The molecule has 0 aromatic heterocycles. The van der Waals surface area contributed by atoms with Gasteiger partial charge in [-0.1, -0.05) is 104 Å². The van der Waals surface area contributed by atoms with Gasteiger partial charge in [0.15, 0.2) is 0 Å². The summed E-state index contributed by atoms with van der Waals surface area (Å²) in [5.74, 6) is 0. The average Bonchev–Trinajstić information content (AvgIpc) is 2.99. The molecule has 1 unspecified atom stereocenters.